The third-order valence-electron chi connectivity index (χ3n) is 1.76. The molecule has 0 unspecified atom stereocenters. The van der Waals surface area contributed by atoms with E-state index in [4.69, 9.17) is 4.74 Å². The summed E-state index contributed by atoms with van der Waals surface area (Å²) >= 11 is 4.64. The Labute approximate surface area is 98.4 Å². The van der Waals surface area contributed by atoms with Crippen molar-refractivity contribution in [3.8, 4) is 0 Å². The van der Waals surface area contributed by atoms with Crippen LogP contribution in [0.1, 0.15) is 17.3 Å². The van der Waals surface area contributed by atoms with E-state index >= 15 is 0 Å². The highest BCUT2D eigenvalue weighted by molar-refractivity contribution is 9.11. The van der Waals surface area contributed by atoms with Crippen molar-refractivity contribution in [1.82, 2.24) is 9.97 Å². The van der Waals surface area contributed by atoms with Gasteiger partial charge in [-0.1, -0.05) is 0 Å². The average Bonchev–Trinajstić information content (AvgIpc) is 2.57. The van der Waals surface area contributed by atoms with Crippen molar-refractivity contribution < 1.29 is 9.53 Å². The van der Waals surface area contributed by atoms with Crippen LogP contribution in [0.15, 0.2) is 16.2 Å². The smallest absolute Gasteiger partial charge is 0.339 e. The number of fused-ring (bicyclic) bond motifs is 1. The molecule has 6 heteroatoms. The number of nitrogens with zero attached hydrogens (tertiary/aromatic N) is 2. The van der Waals surface area contributed by atoms with Gasteiger partial charge in [0.05, 0.1) is 16.9 Å². The van der Waals surface area contributed by atoms with Crippen molar-refractivity contribution in [3.05, 3.63) is 21.7 Å². The summed E-state index contributed by atoms with van der Waals surface area (Å²) in [6.45, 7) is 2.14. The van der Waals surface area contributed by atoms with E-state index in [0.29, 0.717) is 21.7 Å². The van der Waals surface area contributed by atoms with Gasteiger partial charge in [-0.2, -0.15) is 0 Å². The molecule has 2 rings (SSSR count). The fourth-order valence-corrected chi connectivity index (χ4v) is 2.58. The molecule has 0 aliphatic carbocycles. The first-order chi connectivity index (χ1) is 7.22. The number of hydrogen-bond donors (Lipinski definition) is 0. The van der Waals surface area contributed by atoms with Crippen molar-refractivity contribution in [2.45, 2.75) is 6.92 Å². The Kier molecular flexibility index (Phi) is 2.97. The number of rotatable bonds is 2. The predicted octanol–water partition coefficient (Wildman–Crippen LogP) is 2.63. The number of carbonyl (C=O) groups is 1. The summed E-state index contributed by atoms with van der Waals surface area (Å²) in [4.78, 5) is 19.8. The molecule has 2 aromatic heterocycles. The molecule has 0 aliphatic rings. The lowest BCUT2D eigenvalue weighted by Gasteiger charge is -2.00. The van der Waals surface area contributed by atoms with E-state index in [9.17, 15) is 4.79 Å². The topological polar surface area (TPSA) is 52.1 Å². The lowest BCUT2D eigenvalue weighted by atomic mass is 10.3. The first-order valence-electron chi connectivity index (χ1n) is 4.30. The third kappa shape index (κ3) is 2.00. The Balaban J connectivity index is 2.55. The number of carbonyl (C=O) groups excluding carboxylic acids is 1. The molecule has 2 heterocycles. The number of thiazole rings is 1. The van der Waals surface area contributed by atoms with Crippen LogP contribution in [-0.2, 0) is 4.74 Å². The maximum Gasteiger partial charge on any atom is 0.339 e. The van der Waals surface area contributed by atoms with Crippen molar-refractivity contribution in [3.63, 3.8) is 0 Å². The molecule has 78 valence electrons. The van der Waals surface area contributed by atoms with E-state index < -0.39 is 0 Å². The van der Waals surface area contributed by atoms with E-state index in [2.05, 4.69) is 25.9 Å². The second kappa shape index (κ2) is 4.24. The standard InChI is InChI=1S/C9H7BrN2O2S/c1-2-14-8(13)5-3-4-11-7-6(5)15-9(10)12-7/h3-4H,2H2,1H3. The van der Waals surface area contributed by atoms with Crippen molar-refractivity contribution in [2.75, 3.05) is 6.61 Å². The highest BCUT2D eigenvalue weighted by atomic mass is 79.9. The minimum atomic E-state index is -0.332. The summed E-state index contributed by atoms with van der Waals surface area (Å²) in [7, 11) is 0. The number of aromatic nitrogens is 2. The van der Waals surface area contributed by atoms with E-state index in [0.717, 1.165) is 4.70 Å². The summed E-state index contributed by atoms with van der Waals surface area (Å²) in [5, 5.41) is 0. The molecule has 15 heavy (non-hydrogen) atoms. The fourth-order valence-electron chi connectivity index (χ4n) is 1.18. The van der Waals surface area contributed by atoms with Gasteiger partial charge in [-0.05, 0) is 28.9 Å². The van der Waals surface area contributed by atoms with Gasteiger partial charge in [0.1, 0.15) is 0 Å². The molecule has 0 fully saturated rings. The summed E-state index contributed by atoms with van der Waals surface area (Å²) in [5.41, 5.74) is 1.09. The summed E-state index contributed by atoms with van der Waals surface area (Å²) in [5.74, 6) is -0.332. The van der Waals surface area contributed by atoms with Gasteiger partial charge in [0.25, 0.3) is 0 Å². The van der Waals surface area contributed by atoms with Gasteiger partial charge in [0, 0.05) is 6.20 Å². The zero-order chi connectivity index (χ0) is 10.8. The van der Waals surface area contributed by atoms with Crippen LogP contribution in [0.2, 0.25) is 0 Å². The molecule has 0 amide bonds. The highest BCUT2D eigenvalue weighted by Crippen LogP contribution is 2.27. The van der Waals surface area contributed by atoms with Crippen molar-refractivity contribution in [2.24, 2.45) is 0 Å². The number of esters is 1. The average molecular weight is 287 g/mol. The zero-order valence-corrected chi connectivity index (χ0v) is 10.3. The molecule has 4 nitrogen and oxygen atoms in total. The van der Waals surface area contributed by atoms with Gasteiger partial charge in [0.15, 0.2) is 9.56 Å². The van der Waals surface area contributed by atoms with Gasteiger partial charge in [-0.3, -0.25) is 0 Å². The SMILES string of the molecule is CCOC(=O)c1ccnc2nc(Br)sc12. The summed E-state index contributed by atoms with van der Waals surface area (Å²) < 4.78 is 6.40. The van der Waals surface area contributed by atoms with Gasteiger partial charge in [0.2, 0.25) is 0 Å². The molecule has 0 N–H and O–H groups in total. The first kappa shape index (κ1) is 10.5. The first-order valence-corrected chi connectivity index (χ1v) is 5.91. The van der Waals surface area contributed by atoms with Gasteiger partial charge in [-0.25, -0.2) is 14.8 Å². The maximum absolute atomic E-state index is 11.6. The maximum atomic E-state index is 11.6. The Bertz CT molecular complexity index is 512. The number of halogens is 1. The number of hydrogen-bond acceptors (Lipinski definition) is 5. The normalized spacial score (nSPS) is 10.5. The number of pyridine rings is 1. The molecule has 0 saturated heterocycles. The summed E-state index contributed by atoms with van der Waals surface area (Å²) in [6, 6.07) is 1.64. The fraction of sp³-hybridized carbons (Fsp3) is 0.222. The lowest BCUT2D eigenvalue weighted by Crippen LogP contribution is -2.04. The van der Waals surface area contributed by atoms with Crippen LogP contribution in [-0.4, -0.2) is 22.5 Å². The van der Waals surface area contributed by atoms with Crippen LogP contribution in [0.25, 0.3) is 10.3 Å². The molecule has 0 aromatic carbocycles. The number of ether oxygens (including phenoxy) is 1. The van der Waals surface area contributed by atoms with Crippen molar-refractivity contribution in [1.29, 1.82) is 0 Å². The Morgan fingerprint density at radius 3 is 3.20 bits per heavy atom. The largest absolute Gasteiger partial charge is 0.462 e. The molecule has 0 spiro atoms. The quantitative estimate of drug-likeness (QED) is 0.797. The van der Waals surface area contributed by atoms with E-state index in [-0.39, 0.29) is 5.97 Å². The van der Waals surface area contributed by atoms with Gasteiger partial charge < -0.3 is 4.74 Å². The van der Waals surface area contributed by atoms with E-state index in [1.807, 2.05) is 0 Å². The Morgan fingerprint density at radius 2 is 2.47 bits per heavy atom. The molecule has 2 aromatic rings. The Hall–Kier alpha value is -1.01. The Morgan fingerprint density at radius 1 is 1.67 bits per heavy atom. The van der Waals surface area contributed by atoms with Gasteiger partial charge >= 0.3 is 5.97 Å². The molecule has 0 aliphatic heterocycles. The molecular weight excluding hydrogens is 280 g/mol. The molecule has 0 saturated carbocycles. The molecular formula is C9H7BrN2O2S. The monoisotopic (exact) mass is 286 g/mol. The molecule has 0 atom stereocenters. The van der Waals surface area contributed by atoms with Crippen molar-refractivity contribution >= 4 is 43.6 Å². The van der Waals surface area contributed by atoms with Crippen LogP contribution < -0.4 is 0 Å². The molecule has 0 radical (unpaired) electrons. The second-order valence-corrected chi connectivity index (χ2v) is 4.97. The van der Waals surface area contributed by atoms with Crippen LogP contribution in [0.5, 0.6) is 0 Å². The predicted molar refractivity (Wildman–Crippen MR) is 61.1 cm³/mol. The lowest BCUT2D eigenvalue weighted by molar-refractivity contribution is 0.0529. The summed E-state index contributed by atoms with van der Waals surface area (Å²) in [6.07, 6.45) is 1.56. The second-order valence-electron chi connectivity index (χ2n) is 2.70. The van der Waals surface area contributed by atoms with Crippen LogP contribution >= 0.6 is 27.3 Å². The third-order valence-corrected chi connectivity index (χ3v) is 3.29. The van der Waals surface area contributed by atoms with Crippen LogP contribution in [0, 0.1) is 0 Å². The minimum absolute atomic E-state index is 0.332. The van der Waals surface area contributed by atoms with E-state index in [1.54, 1.807) is 19.2 Å². The van der Waals surface area contributed by atoms with E-state index in [1.165, 1.54) is 11.3 Å². The zero-order valence-electron chi connectivity index (χ0n) is 7.86. The van der Waals surface area contributed by atoms with Crippen LogP contribution in [0.3, 0.4) is 0 Å². The molecule has 0 bridgehead atoms. The van der Waals surface area contributed by atoms with Crippen LogP contribution in [0.4, 0.5) is 0 Å². The van der Waals surface area contributed by atoms with Gasteiger partial charge in [-0.15, -0.1) is 11.3 Å². The minimum Gasteiger partial charge on any atom is -0.462 e. The highest BCUT2D eigenvalue weighted by Gasteiger charge is 2.14.